The zero-order valence-corrected chi connectivity index (χ0v) is 30.2. The minimum Gasteiger partial charge on any atom is -0.497 e. The minimum absolute atomic E-state index is 0.0389. The second-order valence-corrected chi connectivity index (χ2v) is 19.7. The number of alkyl halides is 1. The summed E-state index contributed by atoms with van der Waals surface area (Å²) in [7, 11) is 1.11. The number of carbonyl (C=O) groups excluding carboxylic acids is 1. The predicted molar refractivity (Wildman–Crippen MR) is 184 cm³/mol. The summed E-state index contributed by atoms with van der Waals surface area (Å²) >= 11 is 7.11. The normalized spacial score (nSPS) is 21.1. The van der Waals surface area contributed by atoms with E-state index in [1.165, 1.54) is 18.2 Å². The average Bonchev–Trinajstić information content (AvgIpc) is 3.27. The number of ether oxygens (including phenoxy) is 3. The molecule has 0 N–H and O–H groups in total. The number of carbonyl (C=O) groups is 1. The molecule has 2 aromatic carbocycles. The van der Waals surface area contributed by atoms with Gasteiger partial charge in [0.15, 0.2) is 8.32 Å². The maximum Gasteiger partial charge on any atom is 0.305 e. The molecule has 244 valence electrons. The number of hydrogen-bond acceptors (Lipinski definition) is 5. The highest BCUT2D eigenvalue weighted by molar-refractivity contribution is 6.74. The molecule has 2 aromatic rings. The molecule has 7 heteroatoms. The van der Waals surface area contributed by atoms with E-state index in [1.807, 2.05) is 24.3 Å². The van der Waals surface area contributed by atoms with Gasteiger partial charge in [0, 0.05) is 23.1 Å². The first-order chi connectivity index (χ1) is 20.7. The maximum atomic E-state index is 11.4. The van der Waals surface area contributed by atoms with Gasteiger partial charge in [-0.15, -0.1) is 11.6 Å². The number of rotatable bonds is 15. The lowest BCUT2D eigenvalue weighted by Gasteiger charge is -2.40. The van der Waals surface area contributed by atoms with Crippen LogP contribution in [-0.4, -0.2) is 46.6 Å². The van der Waals surface area contributed by atoms with Gasteiger partial charge in [-0.25, -0.2) is 0 Å². The smallest absolute Gasteiger partial charge is 0.305 e. The number of halogens is 1. The summed E-state index contributed by atoms with van der Waals surface area (Å²) in [5.74, 6) is 1.18. The van der Waals surface area contributed by atoms with Crippen LogP contribution in [0, 0.1) is 5.92 Å². The van der Waals surface area contributed by atoms with Crippen LogP contribution in [0.2, 0.25) is 18.1 Å². The molecule has 44 heavy (non-hydrogen) atoms. The Morgan fingerprint density at radius 1 is 0.977 bits per heavy atom. The van der Waals surface area contributed by atoms with Crippen molar-refractivity contribution in [2.24, 2.45) is 5.92 Å². The molecule has 0 bridgehead atoms. The van der Waals surface area contributed by atoms with Gasteiger partial charge < -0.3 is 18.6 Å². The summed E-state index contributed by atoms with van der Waals surface area (Å²) in [6, 6.07) is 17.1. The second-order valence-electron chi connectivity index (χ2n) is 14.4. The van der Waals surface area contributed by atoms with Crippen LogP contribution in [0.1, 0.15) is 89.3 Å². The Morgan fingerprint density at radius 3 is 2.23 bits per heavy atom. The van der Waals surface area contributed by atoms with Crippen LogP contribution < -0.4 is 4.74 Å². The molecule has 0 aromatic heterocycles. The lowest BCUT2D eigenvalue weighted by Crippen LogP contribution is -2.44. The van der Waals surface area contributed by atoms with Gasteiger partial charge in [-0.1, -0.05) is 83.2 Å². The monoisotopic (exact) mass is 642 g/mol. The average molecular weight is 643 g/mol. The highest BCUT2D eigenvalue weighted by Gasteiger charge is 2.48. The van der Waals surface area contributed by atoms with Crippen molar-refractivity contribution < 1.29 is 23.4 Å². The third-order valence-electron chi connectivity index (χ3n) is 9.56. The maximum absolute atomic E-state index is 11.4. The third kappa shape index (κ3) is 9.94. The van der Waals surface area contributed by atoms with Crippen molar-refractivity contribution in [3.05, 3.63) is 77.4 Å². The lowest BCUT2D eigenvalue weighted by atomic mass is 9.81. The van der Waals surface area contributed by atoms with Crippen LogP contribution >= 0.6 is 11.6 Å². The van der Waals surface area contributed by atoms with E-state index in [9.17, 15) is 4.79 Å². The van der Waals surface area contributed by atoms with Crippen molar-refractivity contribution in [2.75, 3.05) is 20.8 Å². The number of methoxy groups -OCH3 is 2. The first-order valence-electron chi connectivity index (χ1n) is 16.0. The standard InChI is InChI=1S/C37H55ClO5Si/c1-36(2,3)44(8,9)43-33-24-32(38)31(14-12-10-11-13-15-34(39)41-7)35(33)28-18-20-29(21-19-28)37(4,5)26-42-25-27-16-22-30(40-6)23-17-27/h10,12,16-23,31-33,35H,11,13-15,24-26H2,1-9H3/t31-,32+,33+,35+/m0/s1. The third-order valence-corrected chi connectivity index (χ3v) is 14.6. The van der Waals surface area contributed by atoms with E-state index in [0.29, 0.717) is 19.6 Å². The summed E-state index contributed by atoms with van der Waals surface area (Å²) in [5, 5.41) is 0.161. The first kappa shape index (κ1) is 36.3. The molecule has 0 radical (unpaired) electrons. The molecule has 1 fully saturated rings. The zero-order valence-electron chi connectivity index (χ0n) is 28.5. The second kappa shape index (κ2) is 15.9. The number of allylic oxidation sites excluding steroid dienone is 2. The van der Waals surface area contributed by atoms with Crippen LogP contribution in [0.15, 0.2) is 60.7 Å². The van der Waals surface area contributed by atoms with Gasteiger partial charge in [0.2, 0.25) is 0 Å². The SMILES string of the molecule is COC(=O)CCCC=CC[C@@H]1[C@@H](c2ccc(C(C)(C)COCc3ccc(OC)cc3)cc2)[C@H](O[Si](C)(C)C(C)(C)C)C[C@H]1Cl. The lowest BCUT2D eigenvalue weighted by molar-refractivity contribution is -0.140. The quantitative estimate of drug-likeness (QED) is 0.0636. The van der Waals surface area contributed by atoms with Crippen molar-refractivity contribution in [1.29, 1.82) is 0 Å². The Kier molecular flexibility index (Phi) is 13.2. The van der Waals surface area contributed by atoms with Crippen LogP contribution in [0.5, 0.6) is 5.75 Å². The molecule has 1 aliphatic rings. The van der Waals surface area contributed by atoms with E-state index in [1.54, 1.807) is 7.11 Å². The number of benzene rings is 2. The van der Waals surface area contributed by atoms with Gasteiger partial charge in [-0.2, -0.15) is 0 Å². The fourth-order valence-corrected chi connectivity index (χ4v) is 7.49. The molecule has 3 rings (SSSR count). The zero-order chi connectivity index (χ0) is 32.5. The van der Waals surface area contributed by atoms with Crippen molar-refractivity contribution in [2.45, 2.75) is 114 Å². The molecular weight excluding hydrogens is 588 g/mol. The van der Waals surface area contributed by atoms with Crippen LogP contribution in [0.4, 0.5) is 0 Å². The van der Waals surface area contributed by atoms with Crippen molar-refractivity contribution in [3.63, 3.8) is 0 Å². The van der Waals surface area contributed by atoms with Gasteiger partial charge in [-0.3, -0.25) is 4.79 Å². The van der Waals surface area contributed by atoms with Gasteiger partial charge in [0.25, 0.3) is 0 Å². The predicted octanol–water partition coefficient (Wildman–Crippen LogP) is 9.58. The minimum atomic E-state index is -2.00. The fraction of sp³-hybridized carbons (Fsp3) is 0.595. The van der Waals surface area contributed by atoms with E-state index in [0.717, 1.165) is 37.0 Å². The van der Waals surface area contributed by atoms with Gasteiger partial charge in [-0.05, 0) is 78.6 Å². The Labute approximate surface area is 272 Å². The first-order valence-corrected chi connectivity index (χ1v) is 19.4. The number of hydrogen-bond donors (Lipinski definition) is 0. The fourth-order valence-electron chi connectivity index (χ4n) is 5.70. The Hall–Kier alpha value is -2.12. The van der Waals surface area contributed by atoms with Crippen molar-refractivity contribution in [1.82, 2.24) is 0 Å². The molecule has 5 nitrogen and oxygen atoms in total. The summed E-state index contributed by atoms with van der Waals surface area (Å²) < 4.78 is 23.3. The highest BCUT2D eigenvalue weighted by atomic mass is 35.5. The largest absolute Gasteiger partial charge is 0.497 e. The van der Waals surface area contributed by atoms with E-state index in [-0.39, 0.29) is 39.7 Å². The molecule has 0 heterocycles. The Bertz CT molecular complexity index is 1200. The van der Waals surface area contributed by atoms with E-state index >= 15 is 0 Å². The Balaban J connectivity index is 1.74. The van der Waals surface area contributed by atoms with E-state index in [4.69, 9.17) is 30.2 Å². The molecule has 1 saturated carbocycles. The number of unbranched alkanes of at least 4 members (excludes halogenated alkanes) is 1. The van der Waals surface area contributed by atoms with Crippen molar-refractivity contribution in [3.8, 4) is 5.75 Å². The molecule has 1 aliphatic carbocycles. The highest BCUT2D eigenvalue weighted by Crippen LogP contribution is 2.49. The summed E-state index contributed by atoms with van der Waals surface area (Å²) in [6.45, 7) is 17.2. The Morgan fingerprint density at radius 2 is 1.64 bits per heavy atom. The van der Waals surface area contributed by atoms with Crippen LogP contribution in [0.25, 0.3) is 0 Å². The van der Waals surface area contributed by atoms with E-state index < -0.39 is 8.32 Å². The molecular formula is C37H55ClO5Si. The van der Waals surface area contributed by atoms with E-state index in [2.05, 4.69) is 84.1 Å². The van der Waals surface area contributed by atoms with Gasteiger partial charge in [0.1, 0.15) is 5.75 Å². The van der Waals surface area contributed by atoms with Crippen molar-refractivity contribution >= 4 is 25.9 Å². The molecule has 0 unspecified atom stereocenters. The molecule has 0 amide bonds. The molecule has 0 spiro atoms. The van der Waals surface area contributed by atoms with Crippen LogP contribution in [-0.2, 0) is 30.7 Å². The molecule has 0 aliphatic heterocycles. The van der Waals surface area contributed by atoms with Gasteiger partial charge in [0.05, 0.1) is 33.5 Å². The number of esters is 1. The topological polar surface area (TPSA) is 54.0 Å². The molecule has 4 atom stereocenters. The summed E-state index contributed by atoms with van der Waals surface area (Å²) in [5.41, 5.74) is 3.53. The van der Waals surface area contributed by atoms with Gasteiger partial charge >= 0.3 is 5.97 Å². The van der Waals surface area contributed by atoms with Crippen LogP contribution in [0.3, 0.4) is 0 Å². The summed E-state index contributed by atoms with van der Waals surface area (Å²) in [6.07, 6.45) is 8.35. The summed E-state index contributed by atoms with van der Waals surface area (Å²) in [4.78, 5) is 11.4. The molecule has 0 saturated heterocycles.